The van der Waals surface area contributed by atoms with Crippen molar-refractivity contribution >= 4 is 5.91 Å². The van der Waals surface area contributed by atoms with Gasteiger partial charge in [0.25, 0.3) is 5.91 Å². The smallest absolute Gasteiger partial charge is 0.276 e. The van der Waals surface area contributed by atoms with E-state index in [-0.39, 0.29) is 12.5 Å². The van der Waals surface area contributed by atoms with Crippen molar-refractivity contribution in [2.45, 2.75) is 45.1 Å². The van der Waals surface area contributed by atoms with Gasteiger partial charge in [0.1, 0.15) is 5.76 Å². The Kier molecular flexibility index (Phi) is 4.57. The number of carbonyl (C=O) groups excluding carboxylic acids is 1. The number of likely N-dealkylation sites (tertiary alicyclic amines) is 1. The summed E-state index contributed by atoms with van der Waals surface area (Å²) in [6.07, 6.45) is 5.99. The fourth-order valence-electron chi connectivity index (χ4n) is 4.07. The molecular formula is C20H24N2O3. The zero-order valence-electron chi connectivity index (χ0n) is 14.4. The van der Waals surface area contributed by atoms with Gasteiger partial charge in [-0.3, -0.25) is 4.79 Å². The summed E-state index contributed by atoms with van der Waals surface area (Å²) in [5.41, 5.74) is 3.75. The first-order valence-electron chi connectivity index (χ1n) is 9.20. The molecule has 2 aromatic rings. The fourth-order valence-corrected chi connectivity index (χ4v) is 4.07. The molecule has 0 saturated carbocycles. The number of rotatable bonds is 4. The molecule has 1 saturated heterocycles. The molecule has 25 heavy (non-hydrogen) atoms. The number of benzene rings is 1. The molecule has 1 amide bonds. The van der Waals surface area contributed by atoms with E-state index in [4.69, 9.17) is 4.52 Å². The largest absolute Gasteiger partial charge is 0.392 e. The summed E-state index contributed by atoms with van der Waals surface area (Å²) in [6, 6.07) is 8.07. The predicted octanol–water partition coefficient (Wildman–Crippen LogP) is 2.75. The number of amides is 1. The lowest BCUT2D eigenvalue weighted by Crippen LogP contribution is -2.30. The molecule has 1 aliphatic heterocycles. The van der Waals surface area contributed by atoms with Gasteiger partial charge in [0.15, 0.2) is 5.69 Å². The van der Waals surface area contributed by atoms with Crippen LogP contribution in [0.15, 0.2) is 28.8 Å². The summed E-state index contributed by atoms with van der Waals surface area (Å²) < 4.78 is 5.39. The normalized spacial score (nSPS) is 19.9. The lowest BCUT2D eigenvalue weighted by Gasteiger charge is -2.17. The van der Waals surface area contributed by atoms with Crippen molar-refractivity contribution in [2.24, 2.45) is 5.92 Å². The van der Waals surface area contributed by atoms with Gasteiger partial charge in [-0.2, -0.15) is 0 Å². The minimum Gasteiger partial charge on any atom is -0.392 e. The molecule has 1 fully saturated rings. The molecule has 5 heteroatoms. The van der Waals surface area contributed by atoms with E-state index in [0.717, 1.165) is 68.5 Å². The molecule has 1 atom stereocenters. The van der Waals surface area contributed by atoms with E-state index >= 15 is 0 Å². The molecule has 2 heterocycles. The Balaban J connectivity index is 1.42. The Morgan fingerprint density at radius 3 is 3.00 bits per heavy atom. The summed E-state index contributed by atoms with van der Waals surface area (Å²) in [4.78, 5) is 14.8. The number of aliphatic hydroxyl groups is 1. The van der Waals surface area contributed by atoms with Gasteiger partial charge in [0.05, 0.1) is 6.61 Å². The van der Waals surface area contributed by atoms with Crippen LogP contribution in [0.2, 0.25) is 0 Å². The quantitative estimate of drug-likeness (QED) is 0.929. The number of fused-ring (bicyclic) bond motifs is 1. The molecule has 5 nitrogen and oxygen atoms in total. The lowest BCUT2D eigenvalue weighted by molar-refractivity contribution is 0.0776. The van der Waals surface area contributed by atoms with Crippen LogP contribution < -0.4 is 0 Å². The maximum atomic E-state index is 12.8. The number of aromatic nitrogens is 1. The monoisotopic (exact) mass is 340 g/mol. The first kappa shape index (κ1) is 16.3. The van der Waals surface area contributed by atoms with Crippen LogP contribution >= 0.6 is 0 Å². The van der Waals surface area contributed by atoms with E-state index in [1.165, 1.54) is 5.56 Å². The zero-order valence-corrected chi connectivity index (χ0v) is 14.4. The van der Waals surface area contributed by atoms with Crippen LogP contribution in [0.3, 0.4) is 0 Å². The van der Waals surface area contributed by atoms with E-state index in [1.807, 2.05) is 17.0 Å². The lowest BCUT2D eigenvalue weighted by atomic mass is 9.96. The van der Waals surface area contributed by atoms with Gasteiger partial charge < -0.3 is 14.5 Å². The van der Waals surface area contributed by atoms with Crippen LogP contribution in [0.5, 0.6) is 0 Å². The second-order valence-corrected chi connectivity index (χ2v) is 7.23. The van der Waals surface area contributed by atoms with Gasteiger partial charge in [0.2, 0.25) is 0 Å². The third-order valence-corrected chi connectivity index (χ3v) is 5.42. The van der Waals surface area contributed by atoms with Gasteiger partial charge in [-0.05, 0) is 49.1 Å². The maximum Gasteiger partial charge on any atom is 0.276 e. The summed E-state index contributed by atoms with van der Waals surface area (Å²) in [5.74, 6) is 1.39. The molecule has 132 valence electrons. The number of nitrogens with zero attached hydrogens (tertiary/aromatic N) is 2. The Hall–Kier alpha value is -2.14. The highest BCUT2D eigenvalue weighted by Crippen LogP contribution is 2.28. The average Bonchev–Trinajstić information content (AvgIpc) is 3.28. The SMILES string of the molecule is O=C(c1noc2c1CCCC2)N1CCC(Cc2cccc(CO)c2)C1. The average molecular weight is 340 g/mol. The molecule has 1 N–H and O–H groups in total. The molecule has 0 spiro atoms. The summed E-state index contributed by atoms with van der Waals surface area (Å²) in [7, 11) is 0. The summed E-state index contributed by atoms with van der Waals surface area (Å²) in [6.45, 7) is 1.62. The highest BCUT2D eigenvalue weighted by Gasteiger charge is 2.32. The predicted molar refractivity (Wildman–Crippen MR) is 93.2 cm³/mol. The molecule has 1 unspecified atom stereocenters. The Morgan fingerprint density at radius 1 is 1.28 bits per heavy atom. The molecule has 4 rings (SSSR count). The standard InChI is InChI=1S/C20H24N2O3/c23-13-16-5-3-4-14(11-16)10-15-8-9-22(12-15)20(24)19-17-6-1-2-7-18(17)25-21-19/h3-5,11,15,23H,1-2,6-10,12-13H2. The van der Waals surface area contributed by atoms with Crippen molar-refractivity contribution in [3.8, 4) is 0 Å². The van der Waals surface area contributed by atoms with Crippen LogP contribution in [0.25, 0.3) is 0 Å². The Morgan fingerprint density at radius 2 is 2.12 bits per heavy atom. The van der Waals surface area contributed by atoms with Crippen molar-refractivity contribution in [3.05, 3.63) is 52.4 Å². The molecule has 0 radical (unpaired) electrons. The van der Waals surface area contributed by atoms with Crippen molar-refractivity contribution in [1.82, 2.24) is 10.1 Å². The van der Waals surface area contributed by atoms with Gasteiger partial charge in [-0.15, -0.1) is 0 Å². The third kappa shape index (κ3) is 3.33. The van der Waals surface area contributed by atoms with Gasteiger partial charge in [-0.25, -0.2) is 0 Å². The van der Waals surface area contributed by atoms with Crippen molar-refractivity contribution < 1.29 is 14.4 Å². The van der Waals surface area contributed by atoms with Gasteiger partial charge >= 0.3 is 0 Å². The van der Waals surface area contributed by atoms with Gasteiger partial charge in [-0.1, -0.05) is 29.4 Å². The molecule has 1 aliphatic carbocycles. The van der Waals surface area contributed by atoms with Gasteiger partial charge in [0, 0.05) is 25.1 Å². The van der Waals surface area contributed by atoms with Crippen LogP contribution in [0.1, 0.15) is 52.2 Å². The minimum absolute atomic E-state index is 0.0264. The molecular weight excluding hydrogens is 316 g/mol. The van der Waals surface area contributed by atoms with E-state index in [0.29, 0.717) is 11.6 Å². The highest BCUT2D eigenvalue weighted by atomic mass is 16.5. The van der Waals surface area contributed by atoms with Crippen molar-refractivity contribution in [1.29, 1.82) is 0 Å². The first-order chi connectivity index (χ1) is 12.2. The molecule has 0 bridgehead atoms. The molecule has 1 aromatic carbocycles. The second-order valence-electron chi connectivity index (χ2n) is 7.23. The highest BCUT2D eigenvalue weighted by molar-refractivity contribution is 5.94. The Labute approximate surface area is 147 Å². The first-order valence-corrected chi connectivity index (χ1v) is 9.20. The summed E-state index contributed by atoms with van der Waals surface area (Å²) in [5, 5.41) is 13.4. The Bertz CT molecular complexity index is 768. The number of hydrogen-bond acceptors (Lipinski definition) is 4. The maximum absolute atomic E-state index is 12.8. The van der Waals surface area contributed by atoms with Crippen LogP contribution in [-0.4, -0.2) is 34.2 Å². The number of hydrogen-bond donors (Lipinski definition) is 1. The van der Waals surface area contributed by atoms with Crippen molar-refractivity contribution in [2.75, 3.05) is 13.1 Å². The number of carbonyl (C=O) groups is 1. The summed E-state index contributed by atoms with van der Waals surface area (Å²) >= 11 is 0. The van der Waals surface area contributed by atoms with Crippen LogP contribution in [0.4, 0.5) is 0 Å². The molecule has 2 aliphatic rings. The van der Waals surface area contributed by atoms with E-state index in [2.05, 4.69) is 17.3 Å². The van der Waals surface area contributed by atoms with E-state index in [1.54, 1.807) is 0 Å². The zero-order chi connectivity index (χ0) is 17.2. The fraction of sp³-hybridized carbons (Fsp3) is 0.500. The van der Waals surface area contributed by atoms with Crippen LogP contribution in [-0.2, 0) is 25.9 Å². The van der Waals surface area contributed by atoms with E-state index in [9.17, 15) is 9.90 Å². The molecule has 1 aromatic heterocycles. The number of aryl methyl sites for hydroxylation is 1. The minimum atomic E-state index is 0.0264. The number of aliphatic hydroxyl groups excluding tert-OH is 1. The van der Waals surface area contributed by atoms with Crippen molar-refractivity contribution in [3.63, 3.8) is 0 Å². The third-order valence-electron chi connectivity index (χ3n) is 5.42. The topological polar surface area (TPSA) is 66.6 Å². The van der Waals surface area contributed by atoms with E-state index < -0.39 is 0 Å². The second kappa shape index (κ2) is 7.00. The van der Waals surface area contributed by atoms with Crippen LogP contribution in [0, 0.1) is 5.92 Å².